The first kappa shape index (κ1) is 19.5. The zero-order valence-corrected chi connectivity index (χ0v) is 17.2. The monoisotopic (exact) mass is 411 g/mol. The van der Waals surface area contributed by atoms with Gasteiger partial charge >= 0.3 is 0 Å². The molecule has 1 aromatic heterocycles. The highest BCUT2D eigenvalue weighted by Gasteiger charge is 2.27. The Morgan fingerprint density at radius 3 is 2.55 bits per heavy atom. The molecule has 1 aliphatic rings. The number of aromatic nitrogens is 1. The molecular weight excluding hydrogens is 386 g/mol. The van der Waals surface area contributed by atoms with Gasteiger partial charge in [0.1, 0.15) is 0 Å². The zero-order valence-electron chi connectivity index (χ0n) is 16.4. The van der Waals surface area contributed by atoms with E-state index in [1.54, 1.807) is 31.2 Å². The minimum absolute atomic E-state index is 0.0362. The third-order valence-corrected chi connectivity index (χ3v) is 6.94. The Kier molecular flexibility index (Phi) is 5.32. The molecule has 0 saturated carbocycles. The highest BCUT2D eigenvalue weighted by atomic mass is 32.2. The van der Waals surface area contributed by atoms with Crippen LogP contribution in [0.3, 0.4) is 0 Å². The molecular formula is C22H25N3O3S. The highest BCUT2D eigenvalue weighted by Crippen LogP contribution is 2.33. The Hall–Kier alpha value is -2.80. The summed E-state index contributed by atoms with van der Waals surface area (Å²) >= 11 is 0. The van der Waals surface area contributed by atoms with Crippen molar-refractivity contribution >= 4 is 32.5 Å². The molecule has 1 fully saturated rings. The summed E-state index contributed by atoms with van der Waals surface area (Å²) in [6, 6.07) is 15.1. The van der Waals surface area contributed by atoms with Gasteiger partial charge in [0.25, 0.3) is 5.91 Å². The SMILES string of the molecule is CCS(=O)(=O)Nc1ccccc1C(=O)N1CCC(c2c[nH]c3ccccc23)CC1. The van der Waals surface area contributed by atoms with Crippen molar-refractivity contribution in [3.8, 4) is 0 Å². The van der Waals surface area contributed by atoms with Crippen LogP contribution in [0, 0.1) is 0 Å². The lowest BCUT2D eigenvalue weighted by Gasteiger charge is -2.32. The molecule has 0 aliphatic carbocycles. The first-order valence-electron chi connectivity index (χ1n) is 9.93. The van der Waals surface area contributed by atoms with Crippen molar-refractivity contribution in [2.45, 2.75) is 25.7 Å². The Morgan fingerprint density at radius 1 is 1.10 bits per heavy atom. The van der Waals surface area contributed by atoms with Crippen LogP contribution in [0.25, 0.3) is 10.9 Å². The number of H-pyrrole nitrogens is 1. The van der Waals surface area contributed by atoms with Crippen LogP contribution in [0.15, 0.2) is 54.7 Å². The fourth-order valence-corrected chi connectivity index (χ4v) is 4.65. The second kappa shape index (κ2) is 7.91. The van der Waals surface area contributed by atoms with Gasteiger partial charge in [-0.2, -0.15) is 0 Å². The molecule has 3 aromatic rings. The van der Waals surface area contributed by atoms with Crippen molar-refractivity contribution in [1.29, 1.82) is 0 Å². The predicted octanol–water partition coefficient (Wildman–Crippen LogP) is 3.95. The van der Waals surface area contributed by atoms with Crippen LogP contribution in [0.5, 0.6) is 0 Å². The largest absolute Gasteiger partial charge is 0.361 e. The summed E-state index contributed by atoms with van der Waals surface area (Å²) in [5.41, 5.74) is 3.19. The van der Waals surface area contributed by atoms with Gasteiger partial charge in [-0.05, 0) is 49.4 Å². The quantitative estimate of drug-likeness (QED) is 0.667. The maximum Gasteiger partial charge on any atom is 0.255 e. The van der Waals surface area contributed by atoms with Gasteiger partial charge in [0.15, 0.2) is 0 Å². The maximum absolute atomic E-state index is 13.1. The number of piperidine rings is 1. The molecule has 4 rings (SSSR count). The van der Waals surface area contributed by atoms with Gasteiger partial charge < -0.3 is 9.88 Å². The molecule has 1 aliphatic heterocycles. The zero-order chi connectivity index (χ0) is 20.4. The molecule has 2 aromatic carbocycles. The number of anilines is 1. The van der Waals surface area contributed by atoms with E-state index in [0.29, 0.717) is 30.3 Å². The summed E-state index contributed by atoms with van der Waals surface area (Å²) in [6.45, 7) is 2.87. The van der Waals surface area contributed by atoms with E-state index in [2.05, 4.69) is 28.0 Å². The number of rotatable bonds is 5. The molecule has 0 atom stereocenters. The van der Waals surface area contributed by atoms with Crippen molar-refractivity contribution < 1.29 is 13.2 Å². The molecule has 2 N–H and O–H groups in total. The lowest BCUT2D eigenvalue weighted by Crippen LogP contribution is -2.38. The van der Waals surface area contributed by atoms with E-state index in [1.165, 1.54) is 10.9 Å². The average Bonchev–Trinajstić information content (AvgIpc) is 3.18. The molecule has 1 amide bonds. The number of nitrogens with one attached hydrogen (secondary N) is 2. The van der Waals surface area contributed by atoms with Crippen LogP contribution in [0.2, 0.25) is 0 Å². The van der Waals surface area contributed by atoms with Crippen LogP contribution in [0.4, 0.5) is 5.69 Å². The predicted molar refractivity (Wildman–Crippen MR) is 116 cm³/mol. The van der Waals surface area contributed by atoms with Crippen molar-refractivity contribution in [2.75, 3.05) is 23.6 Å². The second-order valence-electron chi connectivity index (χ2n) is 7.41. The fourth-order valence-electron chi connectivity index (χ4n) is 3.99. The maximum atomic E-state index is 13.1. The fraction of sp³-hybridized carbons (Fsp3) is 0.318. The van der Waals surface area contributed by atoms with Gasteiger partial charge in [-0.15, -0.1) is 0 Å². The number of fused-ring (bicyclic) bond motifs is 1. The first-order valence-corrected chi connectivity index (χ1v) is 11.6. The van der Waals surface area contributed by atoms with Gasteiger partial charge in [0.2, 0.25) is 10.0 Å². The smallest absolute Gasteiger partial charge is 0.255 e. The van der Waals surface area contributed by atoms with E-state index in [4.69, 9.17) is 0 Å². The number of nitrogens with zero attached hydrogens (tertiary/aromatic N) is 1. The van der Waals surface area contributed by atoms with E-state index in [1.807, 2.05) is 17.0 Å². The molecule has 29 heavy (non-hydrogen) atoms. The van der Waals surface area contributed by atoms with E-state index in [-0.39, 0.29) is 11.7 Å². The Labute approximate surface area is 171 Å². The number of sulfonamides is 1. The molecule has 0 bridgehead atoms. The second-order valence-corrected chi connectivity index (χ2v) is 9.42. The molecule has 0 unspecified atom stereocenters. The summed E-state index contributed by atoms with van der Waals surface area (Å²) in [5.74, 6) is 0.242. The van der Waals surface area contributed by atoms with E-state index in [9.17, 15) is 13.2 Å². The Balaban J connectivity index is 1.49. The van der Waals surface area contributed by atoms with Gasteiger partial charge in [-0.1, -0.05) is 30.3 Å². The molecule has 0 spiro atoms. The molecule has 2 heterocycles. The summed E-state index contributed by atoms with van der Waals surface area (Å²) in [7, 11) is -3.44. The van der Waals surface area contributed by atoms with Crippen molar-refractivity contribution in [1.82, 2.24) is 9.88 Å². The summed E-state index contributed by atoms with van der Waals surface area (Å²) in [4.78, 5) is 18.2. The number of hydrogen-bond donors (Lipinski definition) is 2. The number of amides is 1. The highest BCUT2D eigenvalue weighted by molar-refractivity contribution is 7.92. The third-order valence-electron chi connectivity index (χ3n) is 5.65. The van der Waals surface area contributed by atoms with E-state index < -0.39 is 10.0 Å². The Bertz CT molecular complexity index is 1130. The Morgan fingerprint density at radius 2 is 1.79 bits per heavy atom. The third kappa shape index (κ3) is 4.00. The molecule has 7 heteroatoms. The minimum Gasteiger partial charge on any atom is -0.361 e. The van der Waals surface area contributed by atoms with Gasteiger partial charge in [-0.3, -0.25) is 9.52 Å². The standard InChI is InChI=1S/C22H25N3O3S/c1-2-29(27,28)24-21-10-6-4-8-18(21)22(26)25-13-11-16(12-14-25)19-15-23-20-9-5-3-7-17(19)20/h3-10,15-16,23-24H,2,11-14H2,1H3. The number of hydrogen-bond acceptors (Lipinski definition) is 3. The number of para-hydroxylation sites is 2. The van der Waals surface area contributed by atoms with E-state index >= 15 is 0 Å². The minimum atomic E-state index is -3.44. The van der Waals surface area contributed by atoms with Crippen LogP contribution in [-0.4, -0.2) is 43.1 Å². The van der Waals surface area contributed by atoms with Gasteiger partial charge in [0.05, 0.1) is 17.0 Å². The van der Waals surface area contributed by atoms with Gasteiger partial charge in [0, 0.05) is 30.2 Å². The van der Waals surface area contributed by atoms with Crippen LogP contribution >= 0.6 is 0 Å². The van der Waals surface area contributed by atoms with Crippen LogP contribution < -0.4 is 4.72 Å². The molecule has 0 radical (unpaired) electrons. The molecule has 152 valence electrons. The van der Waals surface area contributed by atoms with Gasteiger partial charge in [-0.25, -0.2) is 8.42 Å². The number of carbonyl (C=O) groups is 1. The number of aromatic amines is 1. The average molecular weight is 412 g/mol. The van der Waals surface area contributed by atoms with Crippen LogP contribution in [-0.2, 0) is 10.0 Å². The normalized spacial score (nSPS) is 15.6. The number of likely N-dealkylation sites (tertiary alicyclic amines) is 1. The first-order chi connectivity index (χ1) is 14.0. The summed E-state index contributed by atoms with van der Waals surface area (Å²) in [6.07, 6.45) is 3.86. The lowest BCUT2D eigenvalue weighted by atomic mass is 9.89. The van der Waals surface area contributed by atoms with Crippen molar-refractivity contribution in [2.24, 2.45) is 0 Å². The summed E-state index contributed by atoms with van der Waals surface area (Å²) < 4.78 is 26.5. The lowest BCUT2D eigenvalue weighted by molar-refractivity contribution is 0.0714. The molecule has 6 nitrogen and oxygen atoms in total. The molecule has 1 saturated heterocycles. The number of benzene rings is 2. The number of carbonyl (C=O) groups excluding carboxylic acids is 1. The van der Waals surface area contributed by atoms with Crippen LogP contribution in [0.1, 0.15) is 41.6 Å². The van der Waals surface area contributed by atoms with Crippen molar-refractivity contribution in [3.05, 3.63) is 65.9 Å². The summed E-state index contributed by atoms with van der Waals surface area (Å²) in [5, 5.41) is 1.25. The van der Waals surface area contributed by atoms with E-state index in [0.717, 1.165) is 18.4 Å². The van der Waals surface area contributed by atoms with Crippen molar-refractivity contribution in [3.63, 3.8) is 0 Å². The topological polar surface area (TPSA) is 82.3 Å².